The summed E-state index contributed by atoms with van der Waals surface area (Å²) in [6, 6.07) is 8.83. The van der Waals surface area contributed by atoms with Gasteiger partial charge in [-0.25, -0.2) is 14.3 Å². The second kappa shape index (κ2) is 14.3. The van der Waals surface area contributed by atoms with E-state index in [0.29, 0.717) is 5.69 Å². The Morgan fingerprint density at radius 1 is 1.02 bits per heavy atom. The van der Waals surface area contributed by atoms with Gasteiger partial charge in [-0.2, -0.15) is 5.10 Å². The molecule has 2 aromatic rings. The van der Waals surface area contributed by atoms with Crippen LogP contribution in [0.15, 0.2) is 36.4 Å². The lowest BCUT2D eigenvalue weighted by Gasteiger charge is -2.36. The number of nitrogens with one attached hydrogen (secondary N) is 1. The van der Waals surface area contributed by atoms with Gasteiger partial charge in [-0.1, -0.05) is 18.2 Å². The fourth-order valence-electron chi connectivity index (χ4n) is 4.16. The number of amides is 3. The molecule has 1 saturated heterocycles. The maximum Gasteiger partial charge on any atom is 0.409 e. The summed E-state index contributed by atoms with van der Waals surface area (Å²) in [6.45, 7) is 7.40. The van der Waals surface area contributed by atoms with Crippen molar-refractivity contribution in [2.45, 2.75) is 52.2 Å². The van der Waals surface area contributed by atoms with Crippen molar-refractivity contribution < 1.29 is 43.3 Å². The number of carboxylic acid groups (broad SMARTS) is 1. The Morgan fingerprint density at radius 3 is 2.26 bits per heavy atom. The van der Waals surface area contributed by atoms with Crippen LogP contribution in [-0.4, -0.2) is 106 Å². The summed E-state index contributed by atoms with van der Waals surface area (Å²) >= 11 is 0. The number of piperazine rings is 1. The molecule has 0 saturated carbocycles. The first kappa shape index (κ1) is 31.9. The van der Waals surface area contributed by atoms with Crippen molar-refractivity contribution in [2.24, 2.45) is 0 Å². The molecular weight excluding hydrogens is 550 g/mol. The summed E-state index contributed by atoms with van der Waals surface area (Å²) in [5, 5.41) is 16.0. The molecule has 1 aliphatic rings. The highest BCUT2D eigenvalue weighted by Crippen LogP contribution is 2.20. The van der Waals surface area contributed by atoms with Crippen LogP contribution in [0.4, 0.5) is 4.79 Å². The summed E-state index contributed by atoms with van der Waals surface area (Å²) in [7, 11) is 0. The third kappa shape index (κ3) is 9.21. The number of hydrogen-bond donors (Lipinski definition) is 2. The Kier molecular flexibility index (Phi) is 10.9. The van der Waals surface area contributed by atoms with Crippen molar-refractivity contribution in [1.82, 2.24) is 24.9 Å². The minimum atomic E-state index is -1.21. The van der Waals surface area contributed by atoms with Crippen molar-refractivity contribution in [3.63, 3.8) is 0 Å². The first-order valence-corrected chi connectivity index (χ1v) is 13.6. The molecule has 2 N–H and O–H groups in total. The van der Waals surface area contributed by atoms with Gasteiger partial charge >= 0.3 is 18.0 Å². The number of nitrogens with zero attached hydrogens (tertiary/aromatic N) is 4. The molecule has 1 fully saturated rings. The maximum absolute atomic E-state index is 13.5. The normalized spacial score (nSPS) is 14.1. The number of benzene rings is 1. The smallest absolute Gasteiger partial charge is 0.409 e. The Balaban J connectivity index is 1.79. The molecule has 3 rings (SSSR count). The van der Waals surface area contributed by atoms with Crippen molar-refractivity contribution in [2.75, 3.05) is 39.4 Å². The average Bonchev–Trinajstić information content (AvgIpc) is 3.38. The topological polar surface area (TPSA) is 170 Å². The predicted octanol–water partition coefficient (Wildman–Crippen LogP) is 1.86. The minimum absolute atomic E-state index is 0.0143. The average molecular weight is 588 g/mol. The quantitative estimate of drug-likeness (QED) is 0.370. The Hall–Kier alpha value is -4.62. The molecule has 42 heavy (non-hydrogen) atoms. The lowest BCUT2D eigenvalue weighted by atomic mass is 10.1. The monoisotopic (exact) mass is 587 g/mol. The predicted molar refractivity (Wildman–Crippen MR) is 148 cm³/mol. The van der Waals surface area contributed by atoms with Gasteiger partial charge in [0, 0.05) is 38.7 Å². The number of carbonyl (C=O) groups is 5. The third-order valence-electron chi connectivity index (χ3n) is 6.03. The van der Waals surface area contributed by atoms with Gasteiger partial charge in [-0.05, 0) is 46.2 Å². The first-order valence-electron chi connectivity index (χ1n) is 13.6. The van der Waals surface area contributed by atoms with Crippen LogP contribution in [0.5, 0.6) is 5.88 Å². The zero-order chi connectivity index (χ0) is 30.9. The van der Waals surface area contributed by atoms with E-state index in [-0.39, 0.29) is 57.2 Å². The van der Waals surface area contributed by atoms with Gasteiger partial charge in [0.05, 0.1) is 12.3 Å². The molecule has 1 aromatic heterocycles. The summed E-state index contributed by atoms with van der Waals surface area (Å²) in [4.78, 5) is 65.5. The second-order valence-electron chi connectivity index (χ2n) is 10.5. The van der Waals surface area contributed by atoms with E-state index in [2.05, 4.69) is 10.4 Å². The SMILES string of the molecule is CCOC(=O)N1CCN(C(=O)C(CCC(=O)OC(C)(C)C)NC(=O)c2cc(OCC(=O)O)n(-c3ccccc3)n2)CC1. The minimum Gasteiger partial charge on any atom is -0.479 e. The van der Waals surface area contributed by atoms with Gasteiger partial charge in [0.25, 0.3) is 5.91 Å². The van der Waals surface area contributed by atoms with Crippen LogP contribution < -0.4 is 10.1 Å². The van der Waals surface area contributed by atoms with E-state index >= 15 is 0 Å². The lowest BCUT2D eigenvalue weighted by Crippen LogP contribution is -2.56. The summed E-state index contributed by atoms with van der Waals surface area (Å²) < 4.78 is 17.0. The van der Waals surface area contributed by atoms with Gasteiger partial charge in [-0.15, -0.1) is 0 Å². The highest BCUT2D eigenvalue weighted by atomic mass is 16.6. The molecule has 3 amide bonds. The first-order chi connectivity index (χ1) is 19.9. The van der Waals surface area contributed by atoms with Crippen molar-refractivity contribution in [3.05, 3.63) is 42.1 Å². The fourth-order valence-corrected chi connectivity index (χ4v) is 4.16. The molecular formula is C28H37N5O9. The van der Waals surface area contributed by atoms with E-state index in [9.17, 15) is 24.0 Å². The van der Waals surface area contributed by atoms with Crippen molar-refractivity contribution in [1.29, 1.82) is 0 Å². The summed E-state index contributed by atoms with van der Waals surface area (Å²) in [5.74, 6) is -2.88. The van der Waals surface area contributed by atoms with Gasteiger partial charge in [0.2, 0.25) is 11.8 Å². The van der Waals surface area contributed by atoms with E-state index in [1.54, 1.807) is 58.0 Å². The number of para-hydroxylation sites is 1. The molecule has 0 radical (unpaired) electrons. The Labute approximate surface area is 243 Å². The number of rotatable bonds is 11. The fraction of sp³-hybridized carbons (Fsp3) is 0.500. The third-order valence-corrected chi connectivity index (χ3v) is 6.03. The van der Waals surface area contributed by atoms with Gasteiger partial charge in [-0.3, -0.25) is 14.4 Å². The molecule has 1 aliphatic heterocycles. The van der Waals surface area contributed by atoms with Gasteiger partial charge < -0.3 is 34.4 Å². The Bertz CT molecular complexity index is 1260. The lowest BCUT2D eigenvalue weighted by molar-refractivity contribution is -0.155. The van der Waals surface area contributed by atoms with Crippen LogP contribution in [0.25, 0.3) is 5.69 Å². The largest absolute Gasteiger partial charge is 0.479 e. The number of aromatic nitrogens is 2. The Morgan fingerprint density at radius 2 is 1.67 bits per heavy atom. The number of carboxylic acids is 1. The van der Waals surface area contributed by atoms with E-state index < -0.39 is 48.1 Å². The standard InChI is InChI=1S/C28H37N5O9/c1-5-40-27(39)32-15-13-31(14-16-32)26(38)20(11-12-24(36)42-28(2,3)4)29-25(37)21-17-22(41-18-23(34)35)33(30-21)19-9-7-6-8-10-19/h6-10,17,20H,5,11-16,18H2,1-4H3,(H,29,37)(H,34,35). The highest BCUT2D eigenvalue weighted by molar-refractivity contribution is 5.96. The number of ether oxygens (including phenoxy) is 3. The highest BCUT2D eigenvalue weighted by Gasteiger charge is 2.32. The van der Waals surface area contributed by atoms with Crippen LogP contribution in [0, 0.1) is 0 Å². The second-order valence-corrected chi connectivity index (χ2v) is 10.5. The number of hydrogen-bond acceptors (Lipinski definition) is 9. The zero-order valence-corrected chi connectivity index (χ0v) is 24.2. The molecule has 14 nitrogen and oxygen atoms in total. The molecule has 0 aliphatic carbocycles. The molecule has 0 bridgehead atoms. The summed E-state index contributed by atoms with van der Waals surface area (Å²) in [5.41, 5.74) is -0.324. The van der Waals surface area contributed by atoms with Crippen molar-refractivity contribution >= 4 is 29.8 Å². The van der Waals surface area contributed by atoms with E-state index in [1.165, 1.54) is 20.5 Å². The van der Waals surface area contributed by atoms with Crippen LogP contribution >= 0.6 is 0 Å². The van der Waals surface area contributed by atoms with E-state index in [1.807, 2.05) is 0 Å². The van der Waals surface area contributed by atoms with Gasteiger partial charge in [0.15, 0.2) is 12.3 Å². The molecule has 2 heterocycles. The van der Waals surface area contributed by atoms with Crippen LogP contribution in [0.3, 0.4) is 0 Å². The molecule has 1 unspecified atom stereocenters. The van der Waals surface area contributed by atoms with Crippen molar-refractivity contribution in [3.8, 4) is 11.6 Å². The number of aliphatic carboxylic acids is 1. The zero-order valence-electron chi connectivity index (χ0n) is 24.2. The van der Waals surface area contributed by atoms with Crippen LogP contribution in [-0.2, 0) is 23.9 Å². The molecule has 228 valence electrons. The maximum atomic E-state index is 13.5. The molecule has 0 spiro atoms. The van der Waals surface area contributed by atoms with E-state index in [4.69, 9.17) is 19.3 Å². The number of esters is 1. The van der Waals surface area contributed by atoms with Gasteiger partial charge in [0.1, 0.15) is 11.6 Å². The number of carbonyl (C=O) groups excluding carboxylic acids is 4. The molecule has 14 heteroatoms. The molecule has 1 aromatic carbocycles. The molecule has 1 atom stereocenters. The summed E-state index contributed by atoms with van der Waals surface area (Å²) in [6.07, 6.45) is -0.643. The van der Waals surface area contributed by atoms with Crippen LogP contribution in [0.1, 0.15) is 51.0 Å². The van der Waals surface area contributed by atoms with Crippen LogP contribution in [0.2, 0.25) is 0 Å². The van der Waals surface area contributed by atoms with E-state index in [0.717, 1.165) is 0 Å².